The van der Waals surface area contributed by atoms with Crippen LogP contribution in [-0.4, -0.2) is 40.0 Å². The van der Waals surface area contributed by atoms with E-state index in [0.29, 0.717) is 18.2 Å². The molecule has 4 rings (SSSR count). The fourth-order valence-corrected chi connectivity index (χ4v) is 3.72. The average Bonchev–Trinajstić information content (AvgIpc) is 3.16. The number of aryl methyl sites for hydroxylation is 1. The number of rotatable bonds is 4. The first-order chi connectivity index (χ1) is 12.0. The zero-order valence-electron chi connectivity index (χ0n) is 14.0. The van der Waals surface area contributed by atoms with E-state index in [1.807, 2.05) is 31.2 Å². The molecule has 25 heavy (non-hydrogen) atoms. The van der Waals surface area contributed by atoms with Gasteiger partial charge < -0.3 is 14.4 Å². The number of amides is 1. The van der Waals surface area contributed by atoms with Crippen molar-refractivity contribution in [1.29, 1.82) is 0 Å². The van der Waals surface area contributed by atoms with Gasteiger partial charge in [-0.2, -0.15) is 0 Å². The Morgan fingerprint density at radius 2 is 1.92 bits per heavy atom. The topological polar surface area (TPSA) is 83.6 Å². The zero-order chi connectivity index (χ0) is 17.6. The Bertz CT molecular complexity index is 807. The van der Waals surface area contributed by atoms with E-state index in [1.54, 1.807) is 4.90 Å². The van der Waals surface area contributed by atoms with Crippen LogP contribution in [0.1, 0.15) is 28.9 Å². The third-order valence-corrected chi connectivity index (χ3v) is 5.28. The predicted molar refractivity (Wildman–Crippen MR) is 89.9 cm³/mol. The highest BCUT2D eigenvalue weighted by Gasteiger charge is 2.47. The van der Waals surface area contributed by atoms with Crippen molar-refractivity contribution in [3.63, 3.8) is 0 Å². The number of benzene rings is 1. The van der Waals surface area contributed by atoms with Crippen molar-refractivity contribution in [2.24, 2.45) is 17.8 Å². The van der Waals surface area contributed by atoms with Crippen LogP contribution in [0.5, 0.6) is 0 Å². The highest BCUT2D eigenvalue weighted by molar-refractivity contribution is 5.98. The molecule has 2 aromatic rings. The van der Waals surface area contributed by atoms with E-state index >= 15 is 0 Å². The normalized spacial score (nSPS) is 23.0. The van der Waals surface area contributed by atoms with Crippen LogP contribution >= 0.6 is 0 Å². The van der Waals surface area contributed by atoms with Crippen molar-refractivity contribution in [3.05, 3.63) is 41.9 Å². The van der Waals surface area contributed by atoms with Crippen LogP contribution in [0, 0.1) is 24.7 Å². The summed E-state index contributed by atoms with van der Waals surface area (Å²) < 4.78 is 5.46. The van der Waals surface area contributed by atoms with Crippen LogP contribution in [0.25, 0.3) is 11.3 Å². The second-order valence-corrected chi connectivity index (χ2v) is 7.05. The van der Waals surface area contributed by atoms with Crippen molar-refractivity contribution >= 4 is 11.9 Å². The molecule has 0 spiro atoms. The lowest BCUT2D eigenvalue weighted by Gasteiger charge is -2.15. The summed E-state index contributed by atoms with van der Waals surface area (Å²) in [5.41, 5.74) is 2.16. The van der Waals surface area contributed by atoms with Gasteiger partial charge in [-0.1, -0.05) is 29.8 Å². The summed E-state index contributed by atoms with van der Waals surface area (Å²) in [4.78, 5) is 30.2. The largest absolute Gasteiger partial charge is 0.481 e. The van der Waals surface area contributed by atoms with Crippen LogP contribution in [0.4, 0.5) is 0 Å². The summed E-state index contributed by atoms with van der Waals surface area (Å²) in [6.07, 6.45) is 3.40. The monoisotopic (exact) mass is 340 g/mol. The van der Waals surface area contributed by atoms with Gasteiger partial charge in [0.15, 0.2) is 17.8 Å². The van der Waals surface area contributed by atoms with E-state index in [1.165, 1.54) is 6.39 Å². The van der Waals surface area contributed by atoms with Gasteiger partial charge in [0.1, 0.15) is 0 Å². The van der Waals surface area contributed by atoms with Crippen molar-refractivity contribution in [1.82, 2.24) is 9.88 Å². The van der Waals surface area contributed by atoms with Crippen molar-refractivity contribution in [2.45, 2.75) is 19.8 Å². The highest BCUT2D eigenvalue weighted by atomic mass is 16.4. The molecule has 2 fully saturated rings. The van der Waals surface area contributed by atoms with Crippen LogP contribution in [0.2, 0.25) is 0 Å². The average molecular weight is 340 g/mol. The van der Waals surface area contributed by atoms with Gasteiger partial charge in [0, 0.05) is 18.7 Å². The summed E-state index contributed by atoms with van der Waals surface area (Å²) in [7, 11) is 0. The van der Waals surface area contributed by atoms with Crippen molar-refractivity contribution < 1.29 is 19.1 Å². The molecule has 1 aliphatic heterocycles. The molecule has 6 nitrogen and oxygen atoms in total. The van der Waals surface area contributed by atoms with E-state index < -0.39 is 11.9 Å². The maximum Gasteiger partial charge on any atom is 0.308 e. The van der Waals surface area contributed by atoms with Crippen molar-refractivity contribution in [3.8, 4) is 11.3 Å². The molecule has 130 valence electrons. The molecule has 1 amide bonds. The lowest BCUT2D eigenvalue weighted by molar-refractivity contribution is -0.142. The van der Waals surface area contributed by atoms with Gasteiger partial charge in [-0.15, -0.1) is 0 Å². The number of likely N-dealkylation sites (tertiary alicyclic amines) is 1. The highest BCUT2D eigenvalue weighted by Crippen LogP contribution is 2.44. The Labute approximate surface area is 145 Å². The Kier molecular flexibility index (Phi) is 3.82. The van der Waals surface area contributed by atoms with Crippen LogP contribution in [0.15, 0.2) is 35.1 Å². The number of hydrogen-bond acceptors (Lipinski definition) is 4. The van der Waals surface area contributed by atoms with E-state index in [2.05, 4.69) is 4.98 Å². The lowest BCUT2D eigenvalue weighted by Crippen LogP contribution is -2.30. The minimum Gasteiger partial charge on any atom is -0.481 e. The van der Waals surface area contributed by atoms with Gasteiger partial charge in [-0.25, -0.2) is 4.98 Å². The van der Waals surface area contributed by atoms with Crippen LogP contribution < -0.4 is 0 Å². The summed E-state index contributed by atoms with van der Waals surface area (Å²) in [6.45, 7) is 2.72. The number of aliphatic carboxylic acids is 1. The van der Waals surface area contributed by atoms with Gasteiger partial charge in [-0.3, -0.25) is 9.59 Å². The second-order valence-electron chi connectivity index (χ2n) is 7.05. The van der Waals surface area contributed by atoms with E-state index in [4.69, 9.17) is 4.42 Å². The molecule has 1 aromatic heterocycles. The third kappa shape index (κ3) is 2.92. The molecular weight excluding hydrogens is 320 g/mol. The first-order valence-electron chi connectivity index (χ1n) is 8.57. The number of oxazole rings is 1. The summed E-state index contributed by atoms with van der Waals surface area (Å²) in [6, 6.07) is 7.68. The van der Waals surface area contributed by atoms with Crippen molar-refractivity contribution in [2.75, 3.05) is 13.1 Å². The van der Waals surface area contributed by atoms with Gasteiger partial charge in [-0.05, 0) is 31.6 Å². The Morgan fingerprint density at radius 1 is 1.20 bits per heavy atom. The predicted octanol–water partition coefficient (Wildman–Crippen LogP) is 2.83. The second kappa shape index (κ2) is 6.02. The summed E-state index contributed by atoms with van der Waals surface area (Å²) in [5.74, 6) is -0.619. The van der Waals surface area contributed by atoms with Gasteiger partial charge in [0.05, 0.1) is 5.92 Å². The lowest BCUT2D eigenvalue weighted by atomic mass is 9.92. The molecule has 0 unspecified atom stereocenters. The first-order valence-corrected chi connectivity index (χ1v) is 8.57. The number of carbonyl (C=O) groups is 2. The zero-order valence-corrected chi connectivity index (χ0v) is 14.0. The number of nitrogens with zero attached hydrogens (tertiary/aromatic N) is 2. The molecule has 1 aromatic carbocycles. The van der Waals surface area contributed by atoms with Gasteiger partial charge >= 0.3 is 5.97 Å². The minimum atomic E-state index is -0.814. The maximum atomic E-state index is 12.9. The number of carboxylic acid groups (broad SMARTS) is 1. The van der Waals surface area contributed by atoms with Gasteiger partial charge in [0.2, 0.25) is 0 Å². The smallest absolute Gasteiger partial charge is 0.308 e. The summed E-state index contributed by atoms with van der Waals surface area (Å²) >= 11 is 0. The Balaban J connectivity index is 1.59. The number of carbonyl (C=O) groups excluding carboxylic acids is 1. The minimum absolute atomic E-state index is 0.0520. The SMILES string of the molecule is Cc1ccc(-c2ocnc2C(=O)N2C[C@H](C(=O)O)[C@@H](C3CC3)C2)cc1. The fourth-order valence-electron chi connectivity index (χ4n) is 3.72. The molecule has 0 bridgehead atoms. The summed E-state index contributed by atoms with van der Waals surface area (Å²) in [5, 5.41) is 9.48. The Hall–Kier alpha value is -2.63. The molecule has 6 heteroatoms. The molecule has 0 radical (unpaired) electrons. The number of hydrogen-bond donors (Lipinski definition) is 1. The number of carboxylic acids is 1. The molecule has 2 aliphatic rings. The van der Waals surface area contributed by atoms with Crippen LogP contribution in [-0.2, 0) is 4.79 Å². The first kappa shape index (κ1) is 15.9. The van der Waals surface area contributed by atoms with E-state index in [-0.39, 0.29) is 24.1 Å². The van der Waals surface area contributed by atoms with E-state index in [9.17, 15) is 14.7 Å². The van der Waals surface area contributed by atoms with Gasteiger partial charge in [0.25, 0.3) is 5.91 Å². The molecule has 1 saturated carbocycles. The molecular formula is C19H20N2O4. The quantitative estimate of drug-likeness (QED) is 0.925. The van der Waals surface area contributed by atoms with E-state index in [0.717, 1.165) is 24.0 Å². The van der Waals surface area contributed by atoms with Crippen LogP contribution in [0.3, 0.4) is 0 Å². The molecule has 2 atom stereocenters. The molecule has 1 aliphatic carbocycles. The molecule has 1 N–H and O–H groups in total. The fraction of sp³-hybridized carbons (Fsp3) is 0.421. The number of aromatic nitrogens is 1. The third-order valence-electron chi connectivity index (χ3n) is 5.28. The molecule has 1 saturated heterocycles. The standard InChI is InChI=1S/C19H20N2O4/c1-11-2-4-13(5-3-11)17-16(20-10-25-17)18(22)21-8-14(12-6-7-12)15(9-21)19(23)24/h2-5,10,12,14-15H,6-9H2,1H3,(H,23,24)/t14-,15+/m1/s1. The Morgan fingerprint density at radius 3 is 2.56 bits per heavy atom. The molecule has 2 heterocycles. The maximum absolute atomic E-state index is 12.9.